The van der Waals surface area contributed by atoms with Crippen LogP contribution in [0.15, 0.2) is 18.2 Å². The van der Waals surface area contributed by atoms with Crippen molar-refractivity contribution in [2.45, 2.75) is 26.3 Å². The third-order valence-electron chi connectivity index (χ3n) is 3.79. The van der Waals surface area contributed by atoms with Crippen LogP contribution in [0.1, 0.15) is 35.8 Å². The quantitative estimate of drug-likeness (QED) is 0.763. The summed E-state index contributed by atoms with van der Waals surface area (Å²) in [6.07, 6.45) is 1.83. The summed E-state index contributed by atoms with van der Waals surface area (Å²) in [7, 11) is 0. The second-order valence-electron chi connectivity index (χ2n) is 5.42. The largest absolute Gasteiger partial charge is 0.494 e. The lowest BCUT2D eigenvalue weighted by Gasteiger charge is -2.06. The van der Waals surface area contributed by atoms with Crippen LogP contribution >= 0.6 is 0 Å². The molecule has 0 unspecified atom stereocenters. The fourth-order valence-electron chi connectivity index (χ4n) is 2.51. The molecule has 1 heterocycles. The maximum atomic E-state index is 11.8. The number of rotatable bonds is 6. The first-order valence-corrected chi connectivity index (χ1v) is 7.38. The monoisotopic (exact) mass is 302 g/mol. The highest BCUT2D eigenvalue weighted by Crippen LogP contribution is 2.30. The second-order valence-corrected chi connectivity index (χ2v) is 5.42. The Hall–Kier alpha value is -2.50. The van der Waals surface area contributed by atoms with Gasteiger partial charge in [0.1, 0.15) is 11.4 Å². The first-order chi connectivity index (χ1) is 10.6. The van der Waals surface area contributed by atoms with Gasteiger partial charge in [0.05, 0.1) is 6.61 Å². The molecule has 1 aromatic heterocycles. The van der Waals surface area contributed by atoms with Crippen molar-refractivity contribution in [2.75, 3.05) is 6.61 Å². The zero-order valence-corrected chi connectivity index (χ0v) is 12.3. The minimum absolute atomic E-state index is 0.00773. The Kier molecular flexibility index (Phi) is 3.75. The predicted molar refractivity (Wildman–Crippen MR) is 81.0 cm³/mol. The summed E-state index contributed by atoms with van der Waals surface area (Å²) < 4.78 is 5.46. The van der Waals surface area contributed by atoms with Crippen LogP contribution in [0.4, 0.5) is 0 Å². The van der Waals surface area contributed by atoms with E-state index in [1.807, 2.05) is 6.92 Å². The lowest BCUT2D eigenvalue weighted by Crippen LogP contribution is -2.25. The van der Waals surface area contributed by atoms with Gasteiger partial charge in [-0.05, 0) is 38.0 Å². The van der Waals surface area contributed by atoms with Crippen molar-refractivity contribution < 1.29 is 19.4 Å². The van der Waals surface area contributed by atoms with E-state index in [4.69, 9.17) is 4.74 Å². The molecule has 22 heavy (non-hydrogen) atoms. The number of hydrogen-bond acceptors (Lipinski definition) is 3. The summed E-state index contributed by atoms with van der Waals surface area (Å²) in [5.41, 5.74) is 1.41. The summed E-state index contributed by atoms with van der Waals surface area (Å²) in [4.78, 5) is 26.1. The Bertz CT molecular complexity index is 731. The van der Waals surface area contributed by atoms with E-state index in [2.05, 4.69) is 10.3 Å². The van der Waals surface area contributed by atoms with Gasteiger partial charge < -0.3 is 20.1 Å². The Balaban J connectivity index is 1.95. The van der Waals surface area contributed by atoms with E-state index in [9.17, 15) is 14.7 Å². The lowest BCUT2D eigenvalue weighted by atomic mass is 10.1. The predicted octanol–water partition coefficient (Wildman–Crippen LogP) is 2.29. The summed E-state index contributed by atoms with van der Waals surface area (Å²) in [5.74, 6) is -0.269. The zero-order valence-electron chi connectivity index (χ0n) is 12.3. The highest BCUT2D eigenvalue weighted by molar-refractivity contribution is 5.98. The summed E-state index contributed by atoms with van der Waals surface area (Å²) in [6.45, 7) is 2.63. The Labute approximate surface area is 127 Å². The molecule has 1 amide bonds. The molecule has 1 saturated carbocycles. The van der Waals surface area contributed by atoms with E-state index in [1.165, 1.54) is 0 Å². The van der Waals surface area contributed by atoms with Crippen LogP contribution in [-0.2, 0) is 11.3 Å². The average molecular weight is 302 g/mol. The van der Waals surface area contributed by atoms with Crippen LogP contribution in [0.5, 0.6) is 5.75 Å². The van der Waals surface area contributed by atoms with Gasteiger partial charge in [-0.25, -0.2) is 4.79 Å². The van der Waals surface area contributed by atoms with E-state index >= 15 is 0 Å². The van der Waals surface area contributed by atoms with Gasteiger partial charge in [-0.15, -0.1) is 0 Å². The van der Waals surface area contributed by atoms with Crippen LogP contribution in [0.25, 0.3) is 10.9 Å². The van der Waals surface area contributed by atoms with E-state index < -0.39 is 5.97 Å². The van der Waals surface area contributed by atoms with Crippen LogP contribution in [0.2, 0.25) is 0 Å². The number of ether oxygens (including phenoxy) is 1. The van der Waals surface area contributed by atoms with Gasteiger partial charge in [-0.3, -0.25) is 4.79 Å². The number of carboxylic acids is 1. The SMILES string of the molecule is CCOc1ccc2[nH]c(C(=O)O)c(CNC(=O)C3CC3)c2c1. The van der Waals surface area contributed by atoms with Crippen molar-refractivity contribution in [3.05, 3.63) is 29.5 Å². The normalized spacial score (nSPS) is 14.0. The molecule has 6 heteroatoms. The number of carbonyl (C=O) groups is 2. The van der Waals surface area contributed by atoms with Gasteiger partial charge in [0, 0.05) is 28.9 Å². The number of H-pyrrole nitrogens is 1. The van der Waals surface area contributed by atoms with Crippen molar-refractivity contribution in [3.8, 4) is 5.75 Å². The first kappa shape index (κ1) is 14.4. The maximum Gasteiger partial charge on any atom is 0.352 e. The number of hydrogen-bond donors (Lipinski definition) is 3. The number of benzene rings is 1. The Morgan fingerprint density at radius 1 is 1.41 bits per heavy atom. The molecule has 6 nitrogen and oxygen atoms in total. The van der Waals surface area contributed by atoms with Gasteiger partial charge in [0.25, 0.3) is 0 Å². The fourth-order valence-corrected chi connectivity index (χ4v) is 2.51. The first-order valence-electron chi connectivity index (χ1n) is 7.38. The molecule has 0 radical (unpaired) electrons. The molecule has 1 aliphatic carbocycles. The number of nitrogens with one attached hydrogen (secondary N) is 2. The fraction of sp³-hybridized carbons (Fsp3) is 0.375. The third kappa shape index (κ3) is 2.77. The van der Waals surface area contributed by atoms with Crippen molar-refractivity contribution >= 4 is 22.8 Å². The van der Waals surface area contributed by atoms with E-state index in [0.717, 1.165) is 23.7 Å². The summed E-state index contributed by atoms with van der Waals surface area (Å²) in [6, 6.07) is 5.39. The molecule has 1 aliphatic rings. The number of carbonyl (C=O) groups excluding carboxylic acids is 1. The van der Waals surface area contributed by atoms with Crippen LogP contribution < -0.4 is 10.1 Å². The zero-order chi connectivity index (χ0) is 15.7. The molecule has 3 rings (SSSR count). The van der Waals surface area contributed by atoms with Crippen LogP contribution in [-0.4, -0.2) is 28.6 Å². The summed E-state index contributed by atoms with van der Waals surface area (Å²) in [5, 5.41) is 12.9. The van der Waals surface area contributed by atoms with Gasteiger partial charge in [-0.1, -0.05) is 0 Å². The smallest absolute Gasteiger partial charge is 0.352 e. The van der Waals surface area contributed by atoms with E-state index in [0.29, 0.717) is 17.9 Å². The Morgan fingerprint density at radius 2 is 2.18 bits per heavy atom. The molecule has 2 aromatic rings. The molecule has 1 aromatic carbocycles. The maximum absolute atomic E-state index is 11.8. The molecule has 0 saturated heterocycles. The van der Waals surface area contributed by atoms with Crippen molar-refractivity contribution in [2.24, 2.45) is 5.92 Å². The van der Waals surface area contributed by atoms with Crippen molar-refractivity contribution in [1.82, 2.24) is 10.3 Å². The Morgan fingerprint density at radius 3 is 2.82 bits per heavy atom. The van der Waals surface area contributed by atoms with E-state index in [-0.39, 0.29) is 24.1 Å². The topological polar surface area (TPSA) is 91.4 Å². The molecule has 0 atom stereocenters. The molecule has 0 bridgehead atoms. The summed E-state index contributed by atoms with van der Waals surface area (Å²) >= 11 is 0. The number of aromatic nitrogens is 1. The standard InChI is InChI=1S/C16H18N2O4/c1-2-22-10-5-6-13-11(7-10)12(14(18-13)16(20)21)8-17-15(19)9-3-4-9/h5-7,9,18H,2-4,8H2,1H3,(H,17,19)(H,20,21). The van der Waals surface area contributed by atoms with Crippen LogP contribution in [0, 0.1) is 5.92 Å². The molecule has 0 spiro atoms. The number of aromatic amines is 1. The minimum Gasteiger partial charge on any atom is -0.494 e. The van der Waals surface area contributed by atoms with Gasteiger partial charge >= 0.3 is 5.97 Å². The average Bonchev–Trinajstić information content (AvgIpc) is 3.27. The highest BCUT2D eigenvalue weighted by atomic mass is 16.5. The molecular weight excluding hydrogens is 284 g/mol. The number of carboxylic acid groups (broad SMARTS) is 1. The van der Waals surface area contributed by atoms with Crippen molar-refractivity contribution in [1.29, 1.82) is 0 Å². The molecule has 1 fully saturated rings. The number of aromatic carboxylic acids is 1. The van der Waals surface area contributed by atoms with Gasteiger partial charge in [-0.2, -0.15) is 0 Å². The van der Waals surface area contributed by atoms with Crippen molar-refractivity contribution in [3.63, 3.8) is 0 Å². The number of amides is 1. The van der Waals surface area contributed by atoms with Gasteiger partial charge in [0.2, 0.25) is 5.91 Å². The van der Waals surface area contributed by atoms with E-state index in [1.54, 1.807) is 18.2 Å². The van der Waals surface area contributed by atoms with Gasteiger partial charge in [0.15, 0.2) is 0 Å². The lowest BCUT2D eigenvalue weighted by molar-refractivity contribution is -0.122. The second kappa shape index (κ2) is 5.71. The molecule has 3 N–H and O–H groups in total. The third-order valence-corrected chi connectivity index (χ3v) is 3.79. The molecule has 0 aliphatic heterocycles. The number of fused-ring (bicyclic) bond motifs is 1. The van der Waals surface area contributed by atoms with Crippen LogP contribution in [0.3, 0.4) is 0 Å². The molecule has 116 valence electrons. The minimum atomic E-state index is -1.04. The highest BCUT2D eigenvalue weighted by Gasteiger charge is 2.29. The molecular formula is C16H18N2O4.